The van der Waals surface area contributed by atoms with Gasteiger partial charge in [0.15, 0.2) is 0 Å². The Morgan fingerprint density at radius 1 is 1.29 bits per heavy atom. The summed E-state index contributed by atoms with van der Waals surface area (Å²) in [6.07, 6.45) is 0. The maximum Gasteiger partial charge on any atom is 0.311 e. The molecule has 1 N–H and O–H groups in total. The van der Waals surface area contributed by atoms with Crippen LogP contribution in [-0.2, 0) is 9.53 Å². The smallest absolute Gasteiger partial charge is 0.311 e. The first-order chi connectivity index (χ1) is 9.93. The molecular weight excluding hydrogens is 406 g/mol. The monoisotopic (exact) mass is 419 g/mol. The number of nitrogens with zero attached hydrogens (tertiary/aromatic N) is 1. The third-order valence-electron chi connectivity index (χ3n) is 3.48. The Labute approximate surface area is 139 Å². The van der Waals surface area contributed by atoms with Crippen LogP contribution in [0.1, 0.15) is 17.3 Å². The molecule has 2 atom stereocenters. The first-order valence-corrected chi connectivity index (χ1v) is 8.10. The molecule has 0 saturated carbocycles. The highest BCUT2D eigenvalue weighted by molar-refractivity contribution is 9.11. The van der Waals surface area contributed by atoms with Crippen LogP contribution < -0.4 is 0 Å². The molecule has 1 aromatic carbocycles. The van der Waals surface area contributed by atoms with Gasteiger partial charge in [0.25, 0.3) is 5.91 Å². The average molecular weight is 421 g/mol. The van der Waals surface area contributed by atoms with E-state index in [0.29, 0.717) is 12.1 Å². The largest absolute Gasteiger partial charge is 0.481 e. The zero-order valence-corrected chi connectivity index (χ0v) is 14.6. The normalized spacial score (nSPS) is 21.3. The fourth-order valence-electron chi connectivity index (χ4n) is 2.46. The summed E-state index contributed by atoms with van der Waals surface area (Å²) in [7, 11) is 0. The minimum Gasteiger partial charge on any atom is -0.481 e. The number of aliphatic carboxylic acids is 1. The van der Waals surface area contributed by atoms with Gasteiger partial charge in [-0.05, 0) is 25.1 Å². The highest BCUT2D eigenvalue weighted by Crippen LogP contribution is 2.25. The molecule has 2 unspecified atom stereocenters. The molecule has 1 amide bonds. The maximum atomic E-state index is 12.7. The number of carbonyl (C=O) groups is 2. The van der Waals surface area contributed by atoms with E-state index in [0.717, 1.165) is 8.95 Å². The zero-order valence-electron chi connectivity index (χ0n) is 11.4. The van der Waals surface area contributed by atoms with Gasteiger partial charge in [-0.1, -0.05) is 31.9 Å². The minimum atomic E-state index is -0.931. The van der Waals surface area contributed by atoms with Gasteiger partial charge in [-0.25, -0.2) is 0 Å². The second kappa shape index (κ2) is 6.89. The molecule has 0 aromatic heterocycles. The van der Waals surface area contributed by atoms with Crippen LogP contribution in [-0.4, -0.2) is 47.7 Å². The van der Waals surface area contributed by atoms with Gasteiger partial charge in [0, 0.05) is 21.1 Å². The standard InChI is InChI=1S/C14H15Br2NO4/c1-2-17(12-7-21-6-11(12)14(19)20)13(18)8-3-9(15)5-10(16)4-8/h3-5,11-12H,2,6-7H2,1H3,(H,19,20). The number of likely N-dealkylation sites (N-methyl/N-ethyl adjacent to an activating group) is 1. The van der Waals surface area contributed by atoms with E-state index in [1.165, 1.54) is 0 Å². The highest BCUT2D eigenvalue weighted by atomic mass is 79.9. The summed E-state index contributed by atoms with van der Waals surface area (Å²) in [5.41, 5.74) is 0.508. The SMILES string of the molecule is CCN(C(=O)c1cc(Br)cc(Br)c1)C1COCC1C(=O)O. The predicted molar refractivity (Wildman–Crippen MR) is 84.3 cm³/mol. The lowest BCUT2D eigenvalue weighted by molar-refractivity contribution is -0.142. The highest BCUT2D eigenvalue weighted by Gasteiger charge is 2.39. The molecular formula is C14H15Br2NO4. The summed E-state index contributed by atoms with van der Waals surface area (Å²) in [6.45, 7) is 2.67. The molecule has 0 spiro atoms. The Balaban J connectivity index is 2.28. The van der Waals surface area contributed by atoms with Crippen molar-refractivity contribution in [3.8, 4) is 0 Å². The minimum absolute atomic E-state index is 0.145. The van der Waals surface area contributed by atoms with Crippen molar-refractivity contribution in [1.82, 2.24) is 4.90 Å². The lowest BCUT2D eigenvalue weighted by Crippen LogP contribution is -2.46. The molecule has 1 heterocycles. The molecule has 1 aliphatic heterocycles. The van der Waals surface area contributed by atoms with Crippen LogP contribution in [0.25, 0.3) is 0 Å². The fourth-order valence-corrected chi connectivity index (χ4v) is 3.75. The lowest BCUT2D eigenvalue weighted by Gasteiger charge is -2.29. The first kappa shape index (κ1) is 16.5. The average Bonchev–Trinajstić information content (AvgIpc) is 2.87. The van der Waals surface area contributed by atoms with Crippen LogP contribution in [0, 0.1) is 5.92 Å². The van der Waals surface area contributed by atoms with E-state index in [9.17, 15) is 14.7 Å². The molecule has 0 bridgehead atoms. The van der Waals surface area contributed by atoms with Crippen molar-refractivity contribution in [2.75, 3.05) is 19.8 Å². The van der Waals surface area contributed by atoms with Crippen LogP contribution in [0.5, 0.6) is 0 Å². The van der Waals surface area contributed by atoms with Crippen molar-refractivity contribution in [3.05, 3.63) is 32.7 Å². The Bertz CT molecular complexity index is 544. The molecule has 1 saturated heterocycles. The summed E-state index contributed by atoms with van der Waals surface area (Å²) in [6, 6.07) is 4.85. The van der Waals surface area contributed by atoms with E-state index in [2.05, 4.69) is 31.9 Å². The van der Waals surface area contributed by atoms with Crippen LogP contribution in [0.15, 0.2) is 27.1 Å². The molecule has 5 nitrogen and oxygen atoms in total. The molecule has 0 aliphatic carbocycles. The predicted octanol–water partition coefficient (Wildman–Crippen LogP) is 2.77. The van der Waals surface area contributed by atoms with E-state index >= 15 is 0 Å². The van der Waals surface area contributed by atoms with Gasteiger partial charge < -0.3 is 14.7 Å². The van der Waals surface area contributed by atoms with Crippen LogP contribution in [0.2, 0.25) is 0 Å². The Kier molecular flexibility index (Phi) is 5.40. The third-order valence-corrected chi connectivity index (χ3v) is 4.39. The molecule has 1 fully saturated rings. The number of amides is 1. The Morgan fingerprint density at radius 2 is 1.90 bits per heavy atom. The van der Waals surface area contributed by atoms with Gasteiger partial charge in [0.05, 0.1) is 19.3 Å². The van der Waals surface area contributed by atoms with Gasteiger partial charge in [-0.2, -0.15) is 0 Å². The Morgan fingerprint density at radius 3 is 2.43 bits per heavy atom. The quantitative estimate of drug-likeness (QED) is 0.813. The molecule has 0 radical (unpaired) electrons. The van der Waals surface area contributed by atoms with Crippen LogP contribution in [0.3, 0.4) is 0 Å². The van der Waals surface area contributed by atoms with Crippen molar-refractivity contribution < 1.29 is 19.4 Å². The van der Waals surface area contributed by atoms with E-state index in [1.54, 1.807) is 17.0 Å². The Hall–Kier alpha value is -0.920. The fraction of sp³-hybridized carbons (Fsp3) is 0.429. The molecule has 7 heteroatoms. The van der Waals surface area contributed by atoms with Gasteiger partial charge in [-0.15, -0.1) is 0 Å². The van der Waals surface area contributed by atoms with E-state index in [1.807, 2.05) is 13.0 Å². The van der Waals surface area contributed by atoms with Crippen molar-refractivity contribution >= 4 is 43.7 Å². The molecule has 2 rings (SSSR count). The summed E-state index contributed by atoms with van der Waals surface area (Å²) in [5.74, 6) is -1.80. The topological polar surface area (TPSA) is 66.8 Å². The maximum absolute atomic E-state index is 12.7. The second-order valence-electron chi connectivity index (χ2n) is 4.80. The number of hydrogen-bond donors (Lipinski definition) is 1. The van der Waals surface area contributed by atoms with Crippen molar-refractivity contribution in [2.45, 2.75) is 13.0 Å². The number of ether oxygens (including phenoxy) is 1. The number of rotatable bonds is 4. The number of halogens is 2. The van der Waals surface area contributed by atoms with E-state index < -0.39 is 17.9 Å². The summed E-state index contributed by atoms with van der Waals surface area (Å²) in [4.78, 5) is 25.5. The van der Waals surface area contributed by atoms with Crippen molar-refractivity contribution in [2.24, 2.45) is 5.92 Å². The zero-order chi connectivity index (χ0) is 15.6. The number of carboxylic acid groups (broad SMARTS) is 1. The van der Waals surface area contributed by atoms with Crippen molar-refractivity contribution in [1.29, 1.82) is 0 Å². The van der Waals surface area contributed by atoms with Gasteiger partial charge in [-0.3, -0.25) is 9.59 Å². The summed E-state index contributed by atoms with van der Waals surface area (Å²) >= 11 is 6.70. The number of benzene rings is 1. The number of hydrogen-bond acceptors (Lipinski definition) is 3. The van der Waals surface area contributed by atoms with Gasteiger partial charge in [0.1, 0.15) is 5.92 Å². The van der Waals surface area contributed by atoms with Gasteiger partial charge in [0.2, 0.25) is 0 Å². The third kappa shape index (κ3) is 3.64. The summed E-state index contributed by atoms with van der Waals surface area (Å²) < 4.78 is 6.83. The molecule has 21 heavy (non-hydrogen) atoms. The second-order valence-corrected chi connectivity index (χ2v) is 6.63. The van der Waals surface area contributed by atoms with Gasteiger partial charge >= 0.3 is 5.97 Å². The molecule has 1 aromatic rings. The molecule has 1 aliphatic rings. The van der Waals surface area contributed by atoms with E-state index in [-0.39, 0.29) is 19.1 Å². The van der Waals surface area contributed by atoms with E-state index in [4.69, 9.17) is 4.74 Å². The number of carboxylic acids is 1. The van der Waals surface area contributed by atoms with Crippen LogP contribution in [0.4, 0.5) is 0 Å². The van der Waals surface area contributed by atoms with Crippen molar-refractivity contribution in [3.63, 3.8) is 0 Å². The number of carbonyl (C=O) groups excluding carboxylic acids is 1. The first-order valence-electron chi connectivity index (χ1n) is 6.51. The summed E-state index contributed by atoms with van der Waals surface area (Å²) in [5, 5.41) is 9.24. The van der Waals surface area contributed by atoms with Crippen LogP contribution >= 0.6 is 31.9 Å². The molecule has 114 valence electrons. The lowest BCUT2D eigenvalue weighted by atomic mass is 10.0.